The predicted molar refractivity (Wildman–Crippen MR) is 87.0 cm³/mol. The van der Waals surface area contributed by atoms with Crippen LogP contribution in [-0.2, 0) is 0 Å². The van der Waals surface area contributed by atoms with Gasteiger partial charge in [0, 0.05) is 25.2 Å². The van der Waals surface area contributed by atoms with Crippen LogP contribution < -0.4 is 5.32 Å². The molecule has 116 valence electrons. The minimum Gasteiger partial charge on any atom is -0.337 e. The fourth-order valence-corrected chi connectivity index (χ4v) is 4.37. The highest BCUT2D eigenvalue weighted by Crippen LogP contribution is 2.30. The average molecular weight is 316 g/mol. The Kier molecular flexibility index (Phi) is 3.50. The number of carbonyl (C=O) groups excluding carboxylic acids is 1. The number of amides is 1. The number of fused-ring (bicyclic) bond motifs is 2. The number of nitrogens with one attached hydrogen (secondary N) is 2. The zero-order chi connectivity index (χ0) is 15.1. The van der Waals surface area contributed by atoms with E-state index in [1.54, 1.807) is 11.3 Å². The van der Waals surface area contributed by atoms with Gasteiger partial charge >= 0.3 is 0 Å². The van der Waals surface area contributed by atoms with E-state index in [-0.39, 0.29) is 5.91 Å². The van der Waals surface area contributed by atoms with Crippen LogP contribution in [0.1, 0.15) is 36.2 Å². The van der Waals surface area contributed by atoms with Gasteiger partial charge in [0.15, 0.2) is 5.69 Å². The van der Waals surface area contributed by atoms with Gasteiger partial charge in [-0.1, -0.05) is 6.07 Å². The first-order valence-corrected chi connectivity index (χ1v) is 8.71. The SMILES string of the molecule is CN(C(=O)c1cc(-c2cccs2)[nH]n1)C1CC2CCC(C1)N2. The van der Waals surface area contributed by atoms with Gasteiger partial charge in [0.2, 0.25) is 0 Å². The Morgan fingerprint density at radius 3 is 2.82 bits per heavy atom. The number of carbonyl (C=O) groups is 1. The number of aromatic amines is 1. The zero-order valence-corrected chi connectivity index (χ0v) is 13.4. The summed E-state index contributed by atoms with van der Waals surface area (Å²) in [5.41, 5.74) is 1.42. The van der Waals surface area contributed by atoms with Crippen LogP contribution in [0.25, 0.3) is 10.6 Å². The van der Waals surface area contributed by atoms with Crippen molar-refractivity contribution in [2.24, 2.45) is 0 Å². The molecule has 2 aliphatic rings. The summed E-state index contributed by atoms with van der Waals surface area (Å²) in [6.45, 7) is 0. The Balaban J connectivity index is 1.49. The average Bonchev–Trinajstić information content (AvgIpc) is 3.25. The lowest BCUT2D eigenvalue weighted by molar-refractivity contribution is 0.0675. The van der Waals surface area contributed by atoms with E-state index in [0.29, 0.717) is 23.8 Å². The molecule has 2 bridgehead atoms. The highest BCUT2D eigenvalue weighted by atomic mass is 32.1. The smallest absolute Gasteiger partial charge is 0.274 e. The fraction of sp³-hybridized carbons (Fsp3) is 0.500. The van der Waals surface area contributed by atoms with Crippen molar-refractivity contribution in [2.75, 3.05) is 7.05 Å². The van der Waals surface area contributed by atoms with E-state index in [9.17, 15) is 4.79 Å². The van der Waals surface area contributed by atoms with E-state index in [4.69, 9.17) is 0 Å². The molecule has 2 atom stereocenters. The third-order valence-electron chi connectivity index (χ3n) is 4.90. The molecule has 2 aromatic rings. The molecule has 22 heavy (non-hydrogen) atoms. The summed E-state index contributed by atoms with van der Waals surface area (Å²) in [6, 6.07) is 7.38. The number of nitrogens with zero attached hydrogens (tertiary/aromatic N) is 2. The van der Waals surface area contributed by atoms with E-state index in [0.717, 1.165) is 23.4 Å². The number of aromatic nitrogens is 2. The maximum atomic E-state index is 12.7. The first kappa shape index (κ1) is 14.0. The summed E-state index contributed by atoms with van der Waals surface area (Å²) in [7, 11) is 1.91. The summed E-state index contributed by atoms with van der Waals surface area (Å²) in [5, 5.41) is 12.8. The Hall–Kier alpha value is -1.66. The van der Waals surface area contributed by atoms with Crippen molar-refractivity contribution in [3.8, 4) is 10.6 Å². The normalized spacial score (nSPS) is 27.0. The quantitative estimate of drug-likeness (QED) is 0.914. The molecule has 0 aliphatic carbocycles. The summed E-state index contributed by atoms with van der Waals surface area (Å²) in [5.74, 6) is 0.0188. The Morgan fingerprint density at radius 2 is 2.14 bits per heavy atom. The van der Waals surface area contributed by atoms with Crippen LogP contribution in [0, 0.1) is 0 Å². The van der Waals surface area contributed by atoms with Gasteiger partial charge in [0.05, 0.1) is 10.6 Å². The van der Waals surface area contributed by atoms with E-state index in [1.165, 1.54) is 12.8 Å². The minimum atomic E-state index is 0.0188. The molecule has 0 saturated carbocycles. The second kappa shape index (κ2) is 5.52. The van der Waals surface area contributed by atoms with Crippen LogP contribution in [0.5, 0.6) is 0 Å². The summed E-state index contributed by atoms with van der Waals surface area (Å²) in [6.07, 6.45) is 4.60. The summed E-state index contributed by atoms with van der Waals surface area (Å²) >= 11 is 1.64. The summed E-state index contributed by atoms with van der Waals surface area (Å²) in [4.78, 5) is 15.7. The number of thiophene rings is 1. The molecule has 2 aliphatic heterocycles. The van der Waals surface area contributed by atoms with Crippen molar-refractivity contribution < 1.29 is 4.79 Å². The van der Waals surface area contributed by atoms with Gasteiger partial charge in [-0.25, -0.2) is 0 Å². The molecule has 0 spiro atoms. The molecule has 2 fully saturated rings. The van der Waals surface area contributed by atoms with Gasteiger partial charge in [-0.2, -0.15) is 5.10 Å². The lowest BCUT2D eigenvalue weighted by atomic mass is 9.98. The van der Waals surface area contributed by atoms with E-state index >= 15 is 0 Å². The highest BCUT2D eigenvalue weighted by molar-refractivity contribution is 7.13. The van der Waals surface area contributed by atoms with Crippen molar-refractivity contribution in [2.45, 2.75) is 43.8 Å². The maximum Gasteiger partial charge on any atom is 0.274 e. The number of hydrogen-bond donors (Lipinski definition) is 2. The number of hydrogen-bond acceptors (Lipinski definition) is 4. The van der Waals surface area contributed by atoms with Gasteiger partial charge in [-0.05, 0) is 43.2 Å². The molecular weight excluding hydrogens is 296 g/mol. The Bertz CT molecular complexity index is 654. The second-order valence-corrected chi connectivity index (χ2v) is 7.27. The maximum absolute atomic E-state index is 12.7. The predicted octanol–water partition coefficient (Wildman–Crippen LogP) is 2.49. The van der Waals surface area contributed by atoms with Crippen molar-refractivity contribution in [1.82, 2.24) is 20.4 Å². The van der Waals surface area contributed by atoms with Crippen LogP contribution in [0.4, 0.5) is 0 Å². The van der Waals surface area contributed by atoms with Gasteiger partial charge in [0.1, 0.15) is 0 Å². The van der Waals surface area contributed by atoms with Crippen molar-refractivity contribution in [3.63, 3.8) is 0 Å². The Morgan fingerprint density at radius 1 is 1.36 bits per heavy atom. The van der Waals surface area contributed by atoms with E-state index in [2.05, 4.69) is 15.5 Å². The third kappa shape index (κ3) is 2.46. The van der Waals surface area contributed by atoms with Crippen molar-refractivity contribution in [1.29, 1.82) is 0 Å². The van der Waals surface area contributed by atoms with Crippen molar-refractivity contribution >= 4 is 17.2 Å². The van der Waals surface area contributed by atoms with Gasteiger partial charge < -0.3 is 10.2 Å². The topological polar surface area (TPSA) is 61.0 Å². The molecule has 0 aromatic carbocycles. The second-order valence-electron chi connectivity index (χ2n) is 6.32. The minimum absolute atomic E-state index is 0.0188. The van der Waals surface area contributed by atoms with Gasteiger partial charge in [0.25, 0.3) is 5.91 Å². The molecule has 2 unspecified atom stereocenters. The monoisotopic (exact) mass is 316 g/mol. The van der Waals surface area contributed by atoms with Crippen molar-refractivity contribution in [3.05, 3.63) is 29.3 Å². The Labute approximate surface area is 133 Å². The number of rotatable bonds is 3. The molecular formula is C16H20N4OS. The third-order valence-corrected chi connectivity index (χ3v) is 5.80. The molecule has 4 rings (SSSR count). The van der Waals surface area contributed by atoms with Crippen LogP contribution >= 0.6 is 11.3 Å². The van der Waals surface area contributed by atoms with Crippen LogP contribution in [-0.4, -0.2) is 46.2 Å². The number of piperidine rings is 1. The van der Waals surface area contributed by atoms with Crippen LogP contribution in [0.3, 0.4) is 0 Å². The van der Waals surface area contributed by atoms with Gasteiger partial charge in [-0.15, -0.1) is 11.3 Å². The first-order chi connectivity index (χ1) is 10.7. The fourth-order valence-electron chi connectivity index (χ4n) is 3.68. The molecule has 0 radical (unpaired) electrons. The number of H-pyrrole nitrogens is 1. The van der Waals surface area contributed by atoms with Gasteiger partial charge in [-0.3, -0.25) is 9.89 Å². The molecule has 2 N–H and O–H groups in total. The van der Waals surface area contributed by atoms with E-state index in [1.807, 2.05) is 35.5 Å². The van der Waals surface area contributed by atoms with E-state index < -0.39 is 0 Å². The molecule has 6 heteroatoms. The molecule has 5 nitrogen and oxygen atoms in total. The van der Waals surface area contributed by atoms with Crippen LogP contribution in [0.15, 0.2) is 23.6 Å². The molecule has 1 amide bonds. The zero-order valence-electron chi connectivity index (χ0n) is 12.6. The van der Waals surface area contributed by atoms with Crippen LogP contribution in [0.2, 0.25) is 0 Å². The molecule has 2 aromatic heterocycles. The lowest BCUT2D eigenvalue weighted by Crippen LogP contribution is -2.48. The lowest BCUT2D eigenvalue weighted by Gasteiger charge is -2.35. The molecule has 2 saturated heterocycles. The standard InChI is InChI=1S/C16H20N4OS/c1-20(12-7-10-4-5-11(8-12)17-10)16(21)14-9-13(18-19-14)15-3-2-6-22-15/h2-3,6,9-12,17H,4-5,7-8H2,1H3,(H,18,19). The molecule has 4 heterocycles. The largest absolute Gasteiger partial charge is 0.337 e. The summed E-state index contributed by atoms with van der Waals surface area (Å²) < 4.78 is 0. The highest BCUT2D eigenvalue weighted by Gasteiger charge is 2.36. The first-order valence-electron chi connectivity index (χ1n) is 7.83.